The van der Waals surface area contributed by atoms with Gasteiger partial charge in [0, 0.05) is 18.0 Å². The molecule has 1 heterocycles. The summed E-state index contributed by atoms with van der Waals surface area (Å²) in [5.74, 6) is 0. The van der Waals surface area contributed by atoms with Gasteiger partial charge in [0.1, 0.15) is 0 Å². The Morgan fingerprint density at radius 2 is 2.28 bits per heavy atom. The molecule has 1 aliphatic rings. The molecule has 0 fully saturated rings. The van der Waals surface area contributed by atoms with Gasteiger partial charge in [0.25, 0.3) is 0 Å². The normalized spacial score (nSPS) is 18.0. The van der Waals surface area contributed by atoms with Crippen LogP contribution in [0.25, 0.3) is 0 Å². The van der Waals surface area contributed by atoms with Gasteiger partial charge in [0.05, 0.1) is 10.7 Å². The second-order valence-corrected chi connectivity index (χ2v) is 6.09. The highest BCUT2D eigenvalue weighted by molar-refractivity contribution is 7.09. The zero-order valence-electron chi connectivity index (χ0n) is 10.9. The molecular formula is C15H18N2S. The molecule has 0 radical (unpaired) electrons. The van der Waals surface area contributed by atoms with E-state index in [1.807, 2.05) is 0 Å². The van der Waals surface area contributed by atoms with Crippen LogP contribution in [-0.2, 0) is 13.0 Å². The van der Waals surface area contributed by atoms with Gasteiger partial charge in [-0.2, -0.15) is 0 Å². The average molecular weight is 258 g/mol. The lowest BCUT2D eigenvalue weighted by Crippen LogP contribution is -2.18. The largest absolute Gasteiger partial charge is 0.304 e. The Morgan fingerprint density at radius 3 is 3.06 bits per heavy atom. The molecule has 1 unspecified atom stereocenters. The molecule has 3 heteroatoms. The molecule has 1 aromatic heterocycles. The Bertz CT molecular complexity index is 559. The van der Waals surface area contributed by atoms with Crippen LogP contribution >= 0.6 is 11.3 Å². The van der Waals surface area contributed by atoms with Crippen LogP contribution in [0.5, 0.6) is 0 Å². The van der Waals surface area contributed by atoms with Crippen molar-refractivity contribution in [1.29, 1.82) is 0 Å². The lowest BCUT2D eigenvalue weighted by molar-refractivity contribution is 0.526. The molecule has 0 saturated carbocycles. The van der Waals surface area contributed by atoms with E-state index in [1.165, 1.54) is 35.2 Å². The third-order valence-corrected chi connectivity index (χ3v) is 4.40. The molecule has 0 aliphatic heterocycles. The fraction of sp³-hybridized carbons (Fsp3) is 0.400. The molecular weight excluding hydrogens is 240 g/mol. The van der Waals surface area contributed by atoms with E-state index in [0.29, 0.717) is 6.04 Å². The monoisotopic (exact) mass is 258 g/mol. The molecule has 1 aliphatic carbocycles. The summed E-state index contributed by atoms with van der Waals surface area (Å²) < 4.78 is 0. The molecule has 1 aromatic carbocycles. The van der Waals surface area contributed by atoms with E-state index in [0.717, 1.165) is 11.6 Å². The number of aryl methyl sites for hydroxylation is 3. The Balaban J connectivity index is 1.71. The Morgan fingerprint density at radius 1 is 1.39 bits per heavy atom. The molecule has 3 rings (SSSR count). The number of hydrogen-bond acceptors (Lipinski definition) is 3. The van der Waals surface area contributed by atoms with Crippen molar-refractivity contribution in [3.63, 3.8) is 0 Å². The Labute approximate surface area is 112 Å². The molecule has 2 nitrogen and oxygen atoms in total. The predicted octanol–water partition coefficient (Wildman–Crippen LogP) is 3.54. The zero-order chi connectivity index (χ0) is 12.5. The number of nitrogens with one attached hydrogen (secondary N) is 1. The van der Waals surface area contributed by atoms with Gasteiger partial charge in [0.15, 0.2) is 0 Å². The summed E-state index contributed by atoms with van der Waals surface area (Å²) in [6.45, 7) is 5.10. The van der Waals surface area contributed by atoms with Gasteiger partial charge in [-0.25, -0.2) is 4.98 Å². The van der Waals surface area contributed by atoms with Crippen LogP contribution in [0, 0.1) is 13.8 Å². The molecule has 94 valence electrons. The average Bonchev–Trinajstić information content (AvgIpc) is 2.93. The first-order chi connectivity index (χ1) is 8.72. The first-order valence-electron chi connectivity index (χ1n) is 6.46. The van der Waals surface area contributed by atoms with E-state index >= 15 is 0 Å². The minimum absolute atomic E-state index is 0.502. The second-order valence-electron chi connectivity index (χ2n) is 5.03. The summed E-state index contributed by atoms with van der Waals surface area (Å²) in [5, 5.41) is 6.93. The van der Waals surface area contributed by atoms with Crippen LogP contribution in [0.2, 0.25) is 0 Å². The first-order valence-corrected chi connectivity index (χ1v) is 7.34. The van der Waals surface area contributed by atoms with Crippen molar-refractivity contribution in [1.82, 2.24) is 10.3 Å². The van der Waals surface area contributed by atoms with Crippen LogP contribution in [0.3, 0.4) is 0 Å². The maximum absolute atomic E-state index is 4.50. The molecule has 0 spiro atoms. The fourth-order valence-electron chi connectivity index (χ4n) is 2.65. The highest BCUT2D eigenvalue weighted by Gasteiger charge is 2.21. The zero-order valence-corrected chi connectivity index (χ0v) is 11.7. The number of rotatable bonds is 3. The quantitative estimate of drug-likeness (QED) is 0.911. The van der Waals surface area contributed by atoms with Crippen molar-refractivity contribution in [2.24, 2.45) is 0 Å². The minimum atomic E-state index is 0.502. The van der Waals surface area contributed by atoms with Crippen molar-refractivity contribution in [2.75, 3.05) is 0 Å². The summed E-state index contributed by atoms with van der Waals surface area (Å²) in [5.41, 5.74) is 5.51. The Kier molecular flexibility index (Phi) is 3.18. The van der Waals surface area contributed by atoms with Crippen molar-refractivity contribution in [3.8, 4) is 0 Å². The predicted molar refractivity (Wildman–Crippen MR) is 75.9 cm³/mol. The number of benzene rings is 1. The van der Waals surface area contributed by atoms with Gasteiger partial charge >= 0.3 is 0 Å². The summed E-state index contributed by atoms with van der Waals surface area (Å²) in [4.78, 5) is 4.50. The van der Waals surface area contributed by atoms with E-state index in [4.69, 9.17) is 0 Å². The number of thiazole rings is 1. The highest BCUT2D eigenvalue weighted by atomic mass is 32.1. The fourth-order valence-corrected chi connectivity index (χ4v) is 3.26. The van der Waals surface area contributed by atoms with E-state index in [1.54, 1.807) is 11.3 Å². The minimum Gasteiger partial charge on any atom is -0.304 e. The number of hydrogen-bond donors (Lipinski definition) is 1. The van der Waals surface area contributed by atoms with Crippen molar-refractivity contribution in [2.45, 2.75) is 39.3 Å². The van der Waals surface area contributed by atoms with Crippen molar-refractivity contribution >= 4 is 11.3 Å². The van der Waals surface area contributed by atoms with Gasteiger partial charge < -0.3 is 5.32 Å². The van der Waals surface area contributed by atoms with Crippen LogP contribution in [-0.4, -0.2) is 4.98 Å². The maximum Gasteiger partial charge on any atom is 0.0897 e. The summed E-state index contributed by atoms with van der Waals surface area (Å²) in [6, 6.07) is 7.32. The second kappa shape index (κ2) is 4.82. The van der Waals surface area contributed by atoms with Gasteiger partial charge in [0.2, 0.25) is 0 Å². The first kappa shape index (κ1) is 11.9. The standard InChI is InChI=1S/C15H18N2S/c1-10-3-4-12-5-6-15(14(12)7-10)16-8-13-9-18-11(2)17-13/h3-4,7,9,15-16H,5-6,8H2,1-2H3. The van der Waals surface area contributed by atoms with E-state index in [-0.39, 0.29) is 0 Å². The van der Waals surface area contributed by atoms with Crippen molar-refractivity contribution < 1.29 is 0 Å². The summed E-state index contributed by atoms with van der Waals surface area (Å²) >= 11 is 1.72. The van der Waals surface area contributed by atoms with E-state index < -0.39 is 0 Å². The number of aromatic nitrogens is 1. The van der Waals surface area contributed by atoms with Gasteiger partial charge in [-0.15, -0.1) is 11.3 Å². The highest BCUT2D eigenvalue weighted by Crippen LogP contribution is 2.31. The molecule has 2 aromatic rings. The van der Waals surface area contributed by atoms with Gasteiger partial charge in [-0.1, -0.05) is 23.8 Å². The third-order valence-electron chi connectivity index (χ3n) is 3.58. The topological polar surface area (TPSA) is 24.9 Å². The molecule has 0 bridgehead atoms. The van der Waals surface area contributed by atoms with Crippen LogP contribution < -0.4 is 5.32 Å². The molecule has 0 amide bonds. The SMILES string of the molecule is Cc1ccc2c(c1)C(NCc1csc(C)n1)CC2. The molecule has 1 atom stereocenters. The summed E-state index contributed by atoms with van der Waals surface area (Å²) in [6.07, 6.45) is 2.41. The van der Waals surface area contributed by atoms with Crippen LogP contribution in [0.4, 0.5) is 0 Å². The van der Waals surface area contributed by atoms with Crippen LogP contribution in [0.15, 0.2) is 23.6 Å². The maximum atomic E-state index is 4.50. The smallest absolute Gasteiger partial charge is 0.0897 e. The molecule has 18 heavy (non-hydrogen) atoms. The van der Waals surface area contributed by atoms with Crippen LogP contribution in [0.1, 0.15) is 39.9 Å². The number of fused-ring (bicyclic) bond motifs is 1. The number of nitrogens with zero attached hydrogens (tertiary/aromatic N) is 1. The van der Waals surface area contributed by atoms with E-state index in [9.17, 15) is 0 Å². The van der Waals surface area contributed by atoms with E-state index in [2.05, 4.69) is 47.7 Å². The molecule has 0 saturated heterocycles. The van der Waals surface area contributed by atoms with Gasteiger partial charge in [-0.05, 0) is 37.8 Å². The van der Waals surface area contributed by atoms with Crippen molar-refractivity contribution in [3.05, 3.63) is 51.0 Å². The summed E-state index contributed by atoms with van der Waals surface area (Å²) in [7, 11) is 0. The van der Waals surface area contributed by atoms with Gasteiger partial charge in [-0.3, -0.25) is 0 Å². The third kappa shape index (κ3) is 2.33. The molecule has 1 N–H and O–H groups in total. The lowest BCUT2D eigenvalue weighted by Gasteiger charge is -2.13. The Hall–Kier alpha value is -1.19. The lowest BCUT2D eigenvalue weighted by atomic mass is 10.1.